The molecule has 0 aliphatic rings. The first-order chi connectivity index (χ1) is 15.2. The lowest BCUT2D eigenvalue weighted by atomic mass is 10.2. The van der Waals surface area contributed by atoms with Crippen LogP contribution in [-0.2, 0) is 11.4 Å². The zero-order valence-corrected chi connectivity index (χ0v) is 16.9. The lowest BCUT2D eigenvalue weighted by molar-refractivity contribution is -0.118. The number of rotatable bonds is 8. The van der Waals surface area contributed by atoms with Crippen LogP contribution in [0.2, 0.25) is 0 Å². The average Bonchev–Trinajstić information content (AvgIpc) is 3.27. The molecule has 31 heavy (non-hydrogen) atoms. The predicted molar refractivity (Wildman–Crippen MR) is 116 cm³/mol. The first kappa shape index (κ1) is 20.2. The second-order valence-corrected chi connectivity index (χ2v) is 6.81. The van der Waals surface area contributed by atoms with E-state index in [9.17, 15) is 4.79 Å². The molecule has 0 atom stereocenters. The van der Waals surface area contributed by atoms with E-state index in [0.717, 1.165) is 11.3 Å². The molecule has 0 bridgehead atoms. The van der Waals surface area contributed by atoms with E-state index in [1.165, 1.54) is 0 Å². The Hall–Kier alpha value is -4.13. The smallest absolute Gasteiger partial charge is 0.264 e. The summed E-state index contributed by atoms with van der Waals surface area (Å²) in [6, 6.07) is 24.1. The van der Waals surface area contributed by atoms with Crippen molar-refractivity contribution in [3.63, 3.8) is 0 Å². The van der Waals surface area contributed by atoms with Gasteiger partial charge in [0.2, 0.25) is 5.82 Å². The highest BCUT2D eigenvalue weighted by atomic mass is 16.5. The van der Waals surface area contributed by atoms with Crippen molar-refractivity contribution in [1.82, 2.24) is 10.1 Å². The van der Waals surface area contributed by atoms with Gasteiger partial charge in [0, 0.05) is 5.69 Å². The molecule has 0 aliphatic carbocycles. The topological polar surface area (TPSA) is 86.5 Å². The fourth-order valence-electron chi connectivity index (χ4n) is 2.84. The van der Waals surface area contributed by atoms with Crippen LogP contribution in [0.25, 0.3) is 11.4 Å². The van der Waals surface area contributed by atoms with Crippen molar-refractivity contribution < 1.29 is 18.8 Å². The van der Waals surface area contributed by atoms with Gasteiger partial charge in [-0.1, -0.05) is 53.2 Å². The van der Waals surface area contributed by atoms with E-state index in [4.69, 9.17) is 14.0 Å². The van der Waals surface area contributed by atoms with Crippen molar-refractivity contribution in [3.05, 3.63) is 90.3 Å². The second-order valence-electron chi connectivity index (χ2n) is 6.81. The molecule has 156 valence electrons. The number of benzene rings is 3. The van der Waals surface area contributed by atoms with Crippen LogP contribution in [0, 0.1) is 6.92 Å². The summed E-state index contributed by atoms with van der Waals surface area (Å²) in [6.45, 7) is 2.02. The average molecular weight is 415 g/mol. The van der Waals surface area contributed by atoms with E-state index >= 15 is 0 Å². The number of para-hydroxylation sites is 2. The van der Waals surface area contributed by atoms with Gasteiger partial charge in [-0.15, -0.1) is 0 Å². The molecule has 3 aromatic carbocycles. The maximum atomic E-state index is 12.2. The Labute approximate surface area is 179 Å². The summed E-state index contributed by atoms with van der Waals surface area (Å²) in [5, 5.41) is 6.80. The van der Waals surface area contributed by atoms with Crippen LogP contribution < -0.4 is 14.8 Å². The summed E-state index contributed by atoms with van der Waals surface area (Å²) in [4.78, 5) is 16.6. The van der Waals surface area contributed by atoms with Crippen molar-refractivity contribution >= 4 is 11.6 Å². The molecule has 7 heteroatoms. The summed E-state index contributed by atoms with van der Waals surface area (Å²) in [5.41, 5.74) is 2.49. The predicted octanol–water partition coefficient (Wildman–Crippen LogP) is 4.64. The van der Waals surface area contributed by atoms with Crippen LogP contribution in [0.4, 0.5) is 5.69 Å². The van der Waals surface area contributed by atoms with E-state index in [2.05, 4.69) is 15.5 Å². The Bertz CT molecular complexity index is 1140. The van der Waals surface area contributed by atoms with Crippen molar-refractivity contribution in [2.24, 2.45) is 0 Å². The summed E-state index contributed by atoms with van der Waals surface area (Å²) in [5.74, 6) is 1.64. The van der Waals surface area contributed by atoms with Gasteiger partial charge >= 0.3 is 0 Å². The monoisotopic (exact) mass is 415 g/mol. The lowest BCUT2D eigenvalue weighted by Crippen LogP contribution is -2.20. The van der Waals surface area contributed by atoms with E-state index in [1.807, 2.05) is 73.7 Å². The zero-order chi connectivity index (χ0) is 21.5. The molecular weight excluding hydrogens is 394 g/mol. The van der Waals surface area contributed by atoms with Crippen LogP contribution >= 0.6 is 0 Å². The largest absolute Gasteiger partial charge is 0.484 e. The van der Waals surface area contributed by atoms with Crippen molar-refractivity contribution in [2.75, 3.05) is 11.9 Å². The van der Waals surface area contributed by atoms with Gasteiger partial charge in [0.15, 0.2) is 13.2 Å². The van der Waals surface area contributed by atoms with Crippen LogP contribution in [0.1, 0.15) is 11.5 Å². The molecule has 1 N–H and O–H groups in total. The Morgan fingerprint density at radius 2 is 1.68 bits per heavy atom. The zero-order valence-electron chi connectivity index (χ0n) is 16.9. The summed E-state index contributed by atoms with van der Waals surface area (Å²) in [6.07, 6.45) is 0. The number of nitrogens with one attached hydrogen (secondary N) is 1. The Morgan fingerprint density at radius 3 is 2.48 bits per heavy atom. The van der Waals surface area contributed by atoms with E-state index in [0.29, 0.717) is 28.7 Å². The van der Waals surface area contributed by atoms with E-state index in [1.54, 1.807) is 12.1 Å². The SMILES string of the molecule is Cc1ccc(OCc2nc(-c3ccccc3OCC(=O)Nc3ccccc3)no2)cc1. The standard InChI is InChI=1S/C24H21N3O4/c1-17-11-13-19(14-12-17)29-16-23-26-24(27-31-23)20-9-5-6-10-21(20)30-15-22(28)25-18-7-3-2-4-8-18/h2-14H,15-16H2,1H3,(H,25,28). The third-order valence-electron chi connectivity index (χ3n) is 4.40. The summed E-state index contributed by atoms with van der Waals surface area (Å²) >= 11 is 0. The summed E-state index contributed by atoms with van der Waals surface area (Å²) < 4.78 is 16.7. The number of carbonyl (C=O) groups excluding carboxylic acids is 1. The first-order valence-corrected chi connectivity index (χ1v) is 9.76. The van der Waals surface area contributed by atoms with Gasteiger partial charge in [-0.3, -0.25) is 4.79 Å². The number of aromatic nitrogens is 2. The molecule has 1 heterocycles. The van der Waals surface area contributed by atoms with E-state index < -0.39 is 0 Å². The number of anilines is 1. The Kier molecular flexibility index (Phi) is 6.23. The fraction of sp³-hybridized carbons (Fsp3) is 0.125. The van der Waals surface area contributed by atoms with Gasteiger partial charge in [0.05, 0.1) is 5.56 Å². The van der Waals surface area contributed by atoms with Gasteiger partial charge in [-0.25, -0.2) is 0 Å². The van der Waals surface area contributed by atoms with Gasteiger partial charge in [0.1, 0.15) is 11.5 Å². The van der Waals surface area contributed by atoms with E-state index in [-0.39, 0.29) is 19.1 Å². The maximum Gasteiger partial charge on any atom is 0.264 e. The molecule has 0 spiro atoms. The molecule has 1 aromatic heterocycles. The number of carbonyl (C=O) groups is 1. The molecule has 0 radical (unpaired) electrons. The van der Waals surface area contributed by atoms with Crippen LogP contribution in [0.15, 0.2) is 83.4 Å². The quantitative estimate of drug-likeness (QED) is 0.451. The van der Waals surface area contributed by atoms with Crippen LogP contribution in [0.5, 0.6) is 11.5 Å². The summed E-state index contributed by atoms with van der Waals surface area (Å²) in [7, 11) is 0. The highest BCUT2D eigenvalue weighted by molar-refractivity contribution is 5.91. The minimum atomic E-state index is -0.263. The maximum absolute atomic E-state index is 12.2. The molecule has 0 saturated heterocycles. The minimum absolute atomic E-state index is 0.146. The molecule has 1 amide bonds. The third-order valence-corrected chi connectivity index (χ3v) is 4.40. The van der Waals surface area contributed by atoms with Gasteiger partial charge in [-0.05, 0) is 43.3 Å². The number of hydrogen-bond acceptors (Lipinski definition) is 6. The second kappa shape index (κ2) is 9.58. The molecule has 0 unspecified atom stereocenters. The molecule has 0 saturated carbocycles. The number of ether oxygens (including phenoxy) is 2. The highest BCUT2D eigenvalue weighted by Crippen LogP contribution is 2.28. The molecule has 4 rings (SSSR count). The highest BCUT2D eigenvalue weighted by Gasteiger charge is 2.15. The number of amides is 1. The van der Waals surface area contributed by atoms with Crippen LogP contribution in [0.3, 0.4) is 0 Å². The van der Waals surface area contributed by atoms with Gasteiger partial charge < -0.3 is 19.3 Å². The van der Waals surface area contributed by atoms with Gasteiger partial charge in [0.25, 0.3) is 11.8 Å². The van der Waals surface area contributed by atoms with Crippen molar-refractivity contribution in [2.45, 2.75) is 13.5 Å². The molecular formula is C24H21N3O4. The molecule has 0 fully saturated rings. The van der Waals surface area contributed by atoms with Gasteiger partial charge in [-0.2, -0.15) is 4.98 Å². The minimum Gasteiger partial charge on any atom is -0.484 e. The molecule has 0 aliphatic heterocycles. The van der Waals surface area contributed by atoms with Crippen molar-refractivity contribution in [1.29, 1.82) is 0 Å². The number of hydrogen-bond donors (Lipinski definition) is 1. The Balaban J connectivity index is 1.39. The molecule has 4 aromatic rings. The lowest BCUT2D eigenvalue weighted by Gasteiger charge is -2.09. The third kappa shape index (κ3) is 5.48. The van der Waals surface area contributed by atoms with Crippen molar-refractivity contribution in [3.8, 4) is 22.9 Å². The molecule has 7 nitrogen and oxygen atoms in total. The number of aryl methyl sites for hydroxylation is 1. The normalized spacial score (nSPS) is 10.5. The first-order valence-electron chi connectivity index (χ1n) is 9.76. The fourth-order valence-corrected chi connectivity index (χ4v) is 2.84. The Morgan fingerprint density at radius 1 is 0.935 bits per heavy atom. The number of nitrogens with zero attached hydrogens (tertiary/aromatic N) is 2. The van der Waals surface area contributed by atoms with Crippen LogP contribution in [-0.4, -0.2) is 22.7 Å².